The van der Waals surface area contributed by atoms with Gasteiger partial charge in [0.1, 0.15) is 12.4 Å². The van der Waals surface area contributed by atoms with Gasteiger partial charge in [0.05, 0.1) is 5.92 Å². The van der Waals surface area contributed by atoms with Gasteiger partial charge in [-0.25, -0.2) is 4.79 Å². The van der Waals surface area contributed by atoms with E-state index in [1.54, 1.807) is 13.0 Å². The monoisotopic (exact) mass is 239 g/mol. The first kappa shape index (κ1) is 18.3. The number of hydrogen-bond donors (Lipinski definition) is 0. The largest absolute Gasteiger partial charge is 0.463 e. The normalized spacial score (nSPS) is 13.1. The molecule has 0 aromatic carbocycles. The van der Waals surface area contributed by atoms with Gasteiger partial charge in [0, 0.05) is 15.5 Å². The van der Waals surface area contributed by atoms with E-state index in [0.717, 1.165) is 6.42 Å². The van der Waals surface area contributed by atoms with Crippen molar-refractivity contribution in [1.29, 1.82) is 0 Å². The molecule has 2 unspecified atom stereocenters. The molecule has 0 rings (SSSR count). The second-order valence-corrected chi connectivity index (χ2v) is 3.68. The standard InChI is InChI=1S/C12H20O4.B/c1-5-6-7-11(9(2)13)8-16-12(14)10(3)15-4;/h5,10-11H,1,6-8H2,2-4H3;. The third-order valence-electron chi connectivity index (χ3n) is 2.41. The third kappa shape index (κ3) is 7.74. The molecule has 0 saturated heterocycles. The van der Waals surface area contributed by atoms with Crippen LogP contribution in [0.4, 0.5) is 0 Å². The second kappa shape index (κ2) is 10.1. The fraction of sp³-hybridized carbons (Fsp3) is 0.667. The zero-order chi connectivity index (χ0) is 12.6. The number of esters is 1. The first-order chi connectivity index (χ1) is 7.52. The van der Waals surface area contributed by atoms with Crippen LogP contribution in [-0.4, -0.2) is 40.0 Å². The van der Waals surface area contributed by atoms with E-state index in [1.165, 1.54) is 14.0 Å². The van der Waals surface area contributed by atoms with Crippen LogP contribution in [0.2, 0.25) is 0 Å². The first-order valence-electron chi connectivity index (χ1n) is 5.33. The smallest absolute Gasteiger partial charge is 0.334 e. The zero-order valence-electron chi connectivity index (χ0n) is 10.8. The van der Waals surface area contributed by atoms with Gasteiger partial charge in [-0.2, -0.15) is 0 Å². The number of allylic oxidation sites excluding steroid dienone is 1. The average Bonchev–Trinajstić information content (AvgIpc) is 2.27. The van der Waals surface area contributed by atoms with Crippen molar-refractivity contribution in [2.45, 2.75) is 32.8 Å². The molecule has 0 aliphatic carbocycles. The summed E-state index contributed by atoms with van der Waals surface area (Å²) in [6, 6.07) is 0. The highest BCUT2D eigenvalue weighted by molar-refractivity contribution is 5.79. The van der Waals surface area contributed by atoms with Gasteiger partial charge < -0.3 is 9.47 Å². The molecule has 0 amide bonds. The number of carbonyl (C=O) groups is 2. The van der Waals surface area contributed by atoms with Crippen LogP contribution in [0.5, 0.6) is 0 Å². The summed E-state index contributed by atoms with van der Waals surface area (Å²) < 4.78 is 9.81. The van der Waals surface area contributed by atoms with Crippen LogP contribution in [0.3, 0.4) is 0 Å². The Bertz CT molecular complexity index is 253. The lowest BCUT2D eigenvalue weighted by atomic mass is 10.0. The maximum absolute atomic E-state index is 11.3. The highest BCUT2D eigenvalue weighted by atomic mass is 16.6. The molecule has 0 aromatic rings. The van der Waals surface area contributed by atoms with E-state index >= 15 is 0 Å². The maximum atomic E-state index is 11.3. The Balaban J connectivity index is 0. The molecule has 95 valence electrons. The molecule has 0 aliphatic heterocycles. The third-order valence-corrected chi connectivity index (χ3v) is 2.41. The highest BCUT2D eigenvalue weighted by Crippen LogP contribution is 2.09. The summed E-state index contributed by atoms with van der Waals surface area (Å²) >= 11 is 0. The number of ketones is 1. The van der Waals surface area contributed by atoms with E-state index in [-0.39, 0.29) is 26.7 Å². The Hall–Kier alpha value is -1.10. The summed E-state index contributed by atoms with van der Waals surface area (Å²) in [5, 5.41) is 0. The molecule has 0 aliphatic rings. The maximum Gasteiger partial charge on any atom is 0.334 e. The summed E-state index contributed by atoms with van der Waals surface area (Å²) in [7, 11) is 1.44. The summed E-state index contributed by atoms with van der Waals surface area (Å²) in [5.74, 6) is -0.655. The van der Waals surface area contributed by atoms with Gasteiger partial charge in [-0.1, -0.05) is 6.08 Å². The first-order valence-corrected chi connectivity index (χ1v) is 5.33. The highest BCUT2D eigenvalue weighted by Gasteiger charge is 2.18. The topological polar surface area (TPSA) is 52.6 Å². The minimum Gasteiger partial charge on any atom is -0.463 e. The van der Waals surface area contributed by atoms with Gasteiger partial charge in [-0.15, -0.1) is 6.58 Å². The molecule has 2 atom stereocenters. The number of Topliss-reactive ketones (excluding diaryl/α,β-unsaturated/α-hetero) is 1. The summed E-state index contributed by atoms with van der Waals surface area (Å²) in [4.78, 5) is 22.5. The molecule has 0 aromatic heterocycles. The van der Waals surface area contributed by atoms with Crippen molar-refractivity contribution < 1.29 is 19.1 Å². The van der Waals surface area contributed by atoms with Crippen molar-refractivity contribution >= 4 is 20.2 Å². The molecular weight excluding hydrogens is 219 g/mol. The van der Waals surface area contributed by atoms with Gasteiger partial charge in [0.15, 0.2) is 6.10 Å². The van der Waals surface area contributed by atoms with Crippen molar-refractivity contribution in [3.05, 3.63) is 12.7 Å². The molecule has 0 spiro atoms. The van der Waals surface area contributed by atoms with Crippen LogP contribution >= 0.6 is 0 Å². The SMILES string of the molecule is C=CCCC(COC(=O)C(C)OC)C(C)=O.[B]. The van der Waals surface area contributed by atoms with Crippen molar-refractivity contribution in [2.24, 2.45) is 5.92 Å². The quantitative estimate of drug-likeness (QED) is 0.364. The number of rotatable bonds is 8. The Kier molecular flexibility index (Phi) is 10.8. The molecule has 5 heteroatoms. The number of methoxy groups -OCH3 is 1. The van der Waals surface area contributed by atoms with Crippen LogP contribution in [-0.2, 0) is 19.1 Å². The fourth-order valence-electron chi connectivity index (χ4n) is 1.12. The number of carbonyl (C=O) groups excluding carboxylic acids is 2. The molecule has 0 bridgehead atoms. The van der Waals surface area contributed by atoms with E-state index in [0.29, 0.717) is 6.42 Å². The lowest BCUT2D eigenvalue weighted by Crippen LogP contribution is -2.26. The lowest BCUT2D eigenvalue weighted by molar-refractivity contribution is -0.156. The molecule has 4 nitrogen and oxygen atoms in total. The van der Waals surface area contributed by atoms with E-state index in [4.69, 9.17) is 9.47 Å². The molecule has 0 fully saturated rings. The van der Waals surface area contributed by atoms with Crippen molar-refractivity contribution in [2.75, 3.05) is 13.7 Å². The van der Waals surface area contributed by atoms with E-state index in [9.17, 15) is 9.59 Å². The molecule has 0 saturated carbocycles. The van der Waals surface area contributed by atoms with Crippen LogP contribution in [0.25, 0.3) is 0 Å². The fourth-order valence-corrected chi connectivity index (χ4v) is 1.12. The molecular formula is C12H20BO4. The van der Waals surface area contributed by atoms with Gasteiger partial charge in [-0.05, 0) is 26.7 Å². The van der Waals surface area contributed by atoms with Crippen LogP contribution < -0.4 is 0 Å². The van der Waals surface area contributed by atoms with Gasteiger partial charge in [-0.3, -0.25) is 4.79 Å². The predicted molar refractivity (Wildman–Crippen MR) is 66.8 cm³/mol. The molecule has 17 heavy (non-hydrogen) atoms. The molecule has 0 N–H and O–H groups in total. The van der Waals surface area contributed by atoms with Gasteiger partial charge >= 0.3 is 5.97 Å². The molecule has 3 radical (unpaired) electrons. The molecule has 0 heterocycles. The zero-order valence-corrected chi connectivity index (χ0v) is 10.8. The number of hydrogen-bond acceptors (Lipinski definition) is 4. The summed E-state index contributed by atoms with van der Waals surface area (Å²) in [5.41, 5.74) is 0. The van der Waals surface area contributed by atoms with Gasteiger partial charge in [0.2, 0.25) is 0 Å². The summed E-state index contributed by atoms with van der Waals surface area (Å²) in [6.45, 7) is 6.82. The van der Waals surface area contributed by atoms with Gasteiger partial charge in [0.25, 0.3) is 0 Å². The predicted octanol–water partition coefficient (Wildman–Crippen LogP) is 1.36. The Labute approximate surface area is 105 Å². The van der Waals surface area contributed by atoms with E-state index < -0.39 is 12.1 Å². The Morgan fingerprint density at radius 2 is 2.00 bits per heavy atom. The van der Waals surface area contributed by atoms with E-state index in [2.05, 4.69) is 6.58 Å². The minimum absolute atomic E-state index is 0. The number of ether oxygens (including phenoxy) is 2. The van der Waals surface area contributed by atoms with E-state index in [1.807, 2.05) is 0 Å². The lowest BCUT2D eigenvalue weighted by Gasteiger charge is -2.15. The summed E-state index contributed by atoms with van der Waals surface area (Å²) in [6.07, 6.45) is 2.55. The second-order valence-electron chi connectivity index (χ2n) is 3.68. The van der Waals surface area contributed by atoms with Crippen LogP contribution in [0.1, 0.15) is 26.7 Å². The van der Waals surface area contributed by atoms with Crippen LogP contribution in [0, 0.1) is 5.92 Å². The Morgan fingerprint density at radius 1 is 1.41 bits per heavy atom. The van der Waals surface area contributed by atoms with Crippen LogP contribution in [0.15, 0.2) is 12.7 Å². The average molecular weight is 239 g/mol. The van der Waals surface area contributed by atoms with Crippen molar-refractivity contribution in [1.82, 2.24) is 0 Å². The Morgan fingerprint density at radius 3 is 2.41 bits per heavy atom. The van der Waals surface area contributed by atoms with Crippen molar-refractivity contribution in [3.63, 3.8) is 0 Å². The minimum atomic E-state index is -0.591. The van der Waals surface area contributed by atoms with Crippen molar-refractivity contribution in [3.8, 4) is 0 Å².